The van der Waals surface area contributed by atoms with Gasteiger partial charge < -0.3 is 10.1 Å². The summed E-state index contributed by atoms with van der Waals surface area (Å²) in [5.41, 5.74) is 0.977. The van der Waals surface area contributed by atoms with Crippen LogP contribution in [0.2, 0.25) is 0 Å². The van der Waals surface area contributed by atoms with Gasteiger partial charge in [0.1, 0.15) is 0 Å². The first-order chi connectivity index (χ1) is 8.08. The second kappa shape index (κ2) is 6.03. The van der Waals surface area contributed by atoms with E-state index in [1.165, 1.54) is 7.11 Å². The van der Waals surface area contributed by atoms with Gasteiger partial charge in [-0.3, -0.25) is 4.79 Å². The van der Waals surface area contributed by atoms with Crippen LogP contribution in [0.3, 0.4) is 0 Å². The molecule has 0 bridgehead atoms. The number of nitrogens with one attached hydrogen (secondary N) is 1. The van der Waals surface area contributed by atoms with Crippen molar-refractivity contribution in [3.63, 3.8) is 0 Å². The van der Waals surface area contributed by atoms with E-state index in [1.807, 2.05) is 13.8 Å². The van der Waals surface area contributed by atoms with E-state index in [-0.39, 0.29) is 11.9 Å². The van der Waals surface area contributed by atoms with Crippen molar-refractivity contribution in [2.45, 2.75) is 26.3 Å². The summed E-state index contributed by atoms with van der Waals surface area (Å²) in [6.07, 6.45) is 0.881. The van der Waals surface area contributed by atoms with Crippen LogP contribution in [0.15, 0.2) is 24.3 Å². The van der Waals surface area contributed by atoms with Gasteiger partial charge in [-0.1, -0.05) is 6.92 Å². The predicted octanol–water partition coefficient (Wildman–Crippen LogP) is 2.00. The monoisotopic (exact) mass is 235 g/mol. The molecular weight excluding hydrogens is 218 g/mol. The number of rotatable bonds is 4. The largest absolute Gasteiger partial charge is 0.465 e. The fraction of sp³-hybridized carbons (Fsp3) is 0.385. The van der Waals surface area contributed by atoms with Gasteiger partial charge in [0.25, 0.3) is 5.91 Å². The summed E-state index contributed by atoms with van der Waals surface area (Å²) in [6, 6.07) is 6.53. The Morgan fingerprint density at radius 2 is 1.76 bits per heavy atom. The van der Waals surface area contributed by atoms with E-state index in [1.54, 1.807) is 24.3 Å². The quantitative estimate of drug-likeness (QED) is 0.812. The Morgan fingerprint density at radius 3 is 2.24 bits per heavy atom. The minimum absolute atomic E-state index is 0.129. The van der Waals surface area contributed by atoms with Crippen LogP contribution >= 0.6 is 0 Å². The van der Waals surface area contributed by atoms with Gasteiger partial charge in [0.2, 0.25) is 0 Å². The highest BCUT2D eigenvalue weighted by atomic mass is 16.5. The molecule has 92 valence electrons. The Kier molecular flexibility index (Phi) is 4.69. The van der Waals surface area contributed by atoms with Crippen molar-refractivity contribution >= 4 is 11.9 Å². The van der Waals surface area contributed by atoms with Crippen molar-refractivity contribution in [2.24, 2.45) is 0 Å². The molecule has 1 atom stereocenters. The van der Waals surface area contributed by atoms with Gasteiger partial charge in [-0.2, -0.15) is 0 Å². The number of hydrogen-bond donors (Lipinski definition) is 1. The molecule has 0 aliphatic carbocycles. The third-order valence-electron chi connectivity index (χ3n) is 2.56. The maximum Gasteiger partial charge on any atom is 0.337 e. The van der Waals surface area contributed by atoms with E-state index in [9.17, 15) is 9.59 Å². The van der Waals surface area contributed by atoms with Crippen molar-refractivity contribution < 1.29 is 14.3 Å². The van der Waals surface area contributed by atoms with Crippen molar-refractivity contribution in [2.75, 3.05) is 7.11 Å². The van der Waals surface area contributed by atoms with Gasteiger partial charge in [0.15, 0.2) is 0 Å². The highest BCUT2D eigenvalue weighted by molar-refractivity contribution is 5.96. The van der Waals surface area contributed by atoms with E-state index in [0.717, 1.165) is 6.42 Å². The van der Waals surface area contributed by atoms with Crippen LogP contribution in [0.4, 0.5) is 0 Å². The maximum atomic E-state index is 11.7. The van der Waals surface area contributed by atoms with E-state index >= 15 is 0 Å². The molecule has 1 aromatic rings. The summed E-state index contributed by atoms with van der Waals surface area (Å²) in [5.74, 6) is -0.533. The van der Waals surface area contributed by atoms with E-state index in [2.05, 4.69) is 10.1 Å². The van der Waals surface area contributed by atoms with Crippen molar-refractivity contribution in [3.05, 3.63) is 35.4 Å². The molecule has 1 amide bonds. The number of carbonyl (C=O) groups excluding carboxylic acids is 2. The molecule has 1 N–H and O–H groups in total. The molecule has 0 aromatic heterocycles. The summed E-state index contributed by atoms with van der Waals surface area (Å²) < 4.78 is 4.58. The fourth-order valence-electron chi connectivity index (χ4n) is 1.28. The molecule has 17 heavy (non-hydrogen) atoms. The molecule has 4 heteroatoms. The Bertz CT molecular complexity index is 398. The molecule has 0 saturated carbocycles. The number of benzene rings is 1. The average Bonchev–Trinajstić information content (AvgIpc) is 2.37. The molecule has 0 heterocycles. The Balaban J connectivity index is 2.74. The maximum absolute atomic E-state index is 11.7. The Labute approximate surface area is 101 Å². The zero-order chi connectivity index (χ0) is 12.8. The van der Waals surface area contributed by atoms with Gasteiger partial charge >= 0.3 is 5.97 Å². The summed E-state index contributed by atoms with van der Waals surface area (Å²) in [6.45, 7) is 3.95. The fourth-order valence-corrected chi connectivity index (χ4v) is 1.28. The van der Waals surface area contributed by atoms with Crippen molar-refractivity contribution in [1.29, 1.82) is 0 Å². The smallest absolute Gasteiger partial charge is 0.337 e. The third kappa shape index (κ3) is 3.59. The van der Waals surface area contributed by atoms with Gasteiger partial charge in [0, 0.05) is 11.6 Å². The highest BCUT2D eigenvalue weighted by Gasteiger charge is 2.10. The van der Waals surface area contributed by atoms with Gasteiger partial charge in [-0.25, -0.2) is 4.79 Å². The molecule has 0 aliphatic rings. The summed E-state index contributed by atoms with van der Waals surface area (Å²) in [5, 5.41) is 2.85. The lowest BCUT2D eigenvalue weighted by atomic mass is 10.1. The average molecular weight is 235 g/mol. The first-order valence-electron chi connectivity index (χ1n) is 5.57. The number of ether oxygens (including phenoxy) is 1. The lowest BCUT2D eigenvalue weighted by Crippen LogP contribution is -2.31. The summed E-state index contributed by atoms with van der Waals surface area (Å²) in [4.78, 5) is 22.9. The lowest BCUT2D eigenvalue weighted by Gasteiger charge is -2.11. The summed E-state index contributed by atoms with van der Waals surface area (Å²) in [7, 11) is 1.33. The molecule has 0 spiro atoms. The molecule has 0 saturated heterocycles. The molecule has 1 aromatic carbocycles. The highest BCUT2D eigenvalue weighted by Crippen LogP contribution is 2.06. The Morgan fingerprint density at radius 1 is 1.24 bits per heavy atom. The second-order valence-corrected chi connectivity index (χ2v) is 3.85. The third-order valence-corrected chi connectivity index (χ3v) is 2.56. The lowest BCUT2D eigenvalue weighted by molar-refractivity contribution is 0.0600. The molecule has 1 rings (SSSR count). The van der Waals surface area contributed by atoms with Gasteiger partial charge in [-0.15, -0.1) is 0 Å². The van der Waals surface area contributed by atoms with Crippen molar-refractivity contribution in [3.8, 4) is 0 Å². The topological polar surface area (TPSA) is 55.4 Å². The minimum Gasteiger partial charge on any atom is -0.465 e. The van der Waals surface area contributed by atoms with Crippen LogP contribution in [0.5, 0.6) is 0 Å². The number of amides is 1. The first kappa shape index (κ1) is 13.2. The molecule has 1 unspecified atom stereocenters. The minimum atomic E-state index is -0.404. The van der Waals surface area contributed by atoms with Crippen LogP contribution in [-0.2, 0) is 4.74 Å². The van der Waals surface area contributed by atoms with E-state index < -0.39 is 5.97 Å². The number of methoxy groups -OCH3 is 1. The van der Waals surface area contributed by atoms with Crippen LogP contribution in [-0.4, -0.2) is 25.0 Å². The SMILES string of the molecule is CCC(C)NC(=O)c1ccc(C(=O)OC)cc1. The molecule has 0 fully saturated rings. The molecule has 4 nitrogen and oxygen atoms in total. The van der Waals surface area contributed by atoms with Crippen LogP contribution in [0.1, 0.15) is 41.0 Å². The zero-order valence-electron chi connectivity index (χ0n) is 10.3. The second-order valence-electron chi connectivity index (χ2n) is 3.85. The molecular formula is C13H17NO3. The summed E-state index contributed by atoms with van der Waals surface area (Å²) >= 11 is 0. The van der Waals surface area contributed by atoms with Crippen molar-refractivity contribution in [1.82, 2.24) is 5.32 Å². The number of carbonyl (C=O) groups is 2. The number of hydrogen-bond acceptors (Lipinski definition) is 3. The van der Waals surface area contributed by atoms with E-state index in [4.69, 9.17) is 0 Å². The van der Waals surface area contributed by atoms with Gasteiger partial charge in [0.05, 0.1) is 12.7 Å². The molecule has 0 radical (unpaired) electrons. The van der Waals surface area contributed by atoms with E-state index in [0.29, 0.717) is 11.1 Å². The standard InChI is InChI=1S/C13H17NO3/c1-4-9(2)14-12(15)10-5-7-11(8-6-10)13(16)17-3/h5-9H,4H2,1-3H3,(H,14,15). The van der Waals surface area contributed by atoms with Gasteiger partial charge in [-0.05, 0) is 37.6 Å². The number of esters is 1. The van der Waals surface area contributed by atoms with Crippen LogP contribution in [0.25, 0.3) is 0 Å². The zero-order valence-corrected chi connectivity index (χ0v) is 10.3. The normalized spacial score (nSPS) is 11.7. The van der Waals surface area contributed by atoms with Crippen LogP contribution < -0.4 is 5.32 Å². The van der Waals surface area contributed by atoms with Crippen LogP contribution in [0, 0.1) is 0 Å². The first-order valence-corrected chi connectivity index (χ1v) is 5.57. The Hall–Kier alpha value is -1.84. The predicted molar refractivity (Wildman–Crippen MR) is 65.0 cm³/mol. The molecule has 0 aliphatic heterocycles.